The summed E-state index contributed by atoms with van der Waals surface area (Å²) in [4.78, 5) is 45.1. The summed E-state index contributed by atoms with van der Waals surface area (Å²) in [5.74, 6) is -2.49. The van der Waals surface area contributed by atoms with Crippen LogP contribution < -0.4 is 26.4 Å². The van der Waals surface area contributed by atoms with Crippen molar-refractivity contribution in [3.63, 3.8) is 0 Å². The zero-order valence-electron chi connectivity index (χ0n) is 25.7. The summed E-state index contributed by atoms with van der Waals surface area (Å²) < 4.78 is 57.9. The van der Waals surface area contributed by atoms with Gasteiger partial charge in [0.1, 0.15) is 5.82 Å². The summed E-state index contributed by atoms with van der Waals surface area (Å²) in [6.07, 6.45) is 2.31. The van der Waals surface area contributed by atoms with Gasteiger partial charge in [-0.25, -0.2) is 9.37 Å². The van der Waals surface area contributed by atoms with Crippen LogP contribution >= 0.6 is 0 Å². The summed E-state index contributed by atoms with van der Waals surface area (Å²) in [6, 6.07) is 7.12. The van der Waals surface area contributed by atoms with Gasteiger partial charge in [-0.1, -0.05) is 25.2 Å². The van der Waals surface area contributed by atoms with Gasteiger partial charge in [-0.15, -0.1) is 0 Å². The van der Waals surface area contributed by atoms with Gasteiger partial charge >= 0.3 is 6.18 Å². The van der Waals surface area contributed by atoms with E-state index in [9.17, 15) is 31.9 Å². The number of carbonyl (C=O) groups excluding carboxylic acids is 2. The molecule has 0 saturated carbocycles. The molecule has 2 unspecified atom stereocenters. The second kappa shape index (κ2) is 12.9. The molecule has 2 amide bonds. The number of rotatable bonds is 8. The molecule has 3 aromatic rings. The maximum atomic E-state index is 14.2. The van der Waals surface area contributed by atoms with E-state index in [-0.39, 0.29) is 29.5 Å². The molecule has 5 rings (SSSR count). The predicted molar refractivity (Wildman–Crippen MR) is 166 cm³/mol. The number of benzene rings is 2. The fourth-order valence-electron chi connectivity index (χ4n) is 5.85. The Morgan fingerprint density at radius 3 is 2.59 bits per heavy atom. The van der Waals surface area contributed by atoms with Crippen LogP contribution in [0.3, 0.4) is 0 Å². The van der Waals surface area contributed by atoms with Crippen LogP contribution in [-0.4, -0.2) is 48.0 Å². The van der Waals surface area contributed by atoms with Gasteiger partial charge < -0.3 is 25.4 Å². The highest BCUT2D eigenvalue weighted by molar-refractivity contribution is 5.94. The van der Waals surface area contributed by atoms with Crippen LogP contribution in [0.5, 0.6) is 0 Å². The molecule has 2 heterocycles. The molecule has 0 fully saturated rings. The lowest BCUT2D eigenvalue weighted by molar-refractivity contribution is -0.137. The molecule has 0 bridgehead atoms. The van der Waals surface area contributed by atoms with Crippen LogP contribution in [0.4, 0.5) is 34.8 Å². The van der Waals surface area contributed by atoms with E-state index in [0.717, 1.165) is 12.1 Å². The van der Waals surface area contributed by atoms with Gasteiger partial charge in [0.15, 0.2) is 5.82 Å². The minimum Gasteiger partial charge on any atom is -0.355 e. The predicted octanol–water partition coefficient (Wildman–Crippen LogP) is 4.65. The van der Waals surface area contributed by atoms with E-state index in [1.165, 1.54) is 29.9 Å². The molecule has 46 heavy (non-hydrogen) atoms. The zero-order valence-corrected chi connectivity index (χ0v) is 25.7. The minimum absolute atomic E-state index is 0.172. The molecule has 13 heteroatoms. The summed E-state index contributed by atoms with van der Waals surface area (Å²) in [5.41, 5.74) is 0.880. The number of likely N-dealkylation sites (N-methyl/N-ethyl adjacent to an activating group) is 2. The third-order valence-corrected chi connectivity index (χ3v) is 8.50. The number of hydrogen-bond donors (Lipinski definition) is 3. The summed E-state index contributed by atoms with van der Waals surface area (Å²) in [7, 11) is 3.08. The molecule has 3 N–H and O–H groups in total. The Morgan fingerprint density at radius 1 is 1.13 bits per heavy atom. The van der Waals surface area contributed by atoms with E-state index < -0.39 is 46.9 Å². The van der Waals surface area contributed by atoms with Crippen molar-refractivity contribution in [1.82, 2.24) is 20.2 Å². The highest BCUT2D eigenvalue weighted by atomic mass is 19.4. The van der Waals surface area contributed by atoms with Gasteiger partial charge in [0, 0.05) is 48.3 Å². The number of nitrogens with zero attached hydrogens (tertiary/aromatic N) is 3. The first-order chi connectivity index (χ1) is 21.8. The van der Waals surface area contributed by atoms with Crippen LogP contribution in [-0.2, 0) is 28.7 Å². The smallest absolute Gasteiger partial charge is 0.355 e. The van der Waals surface area contributed by atoms with Gasteiger partial charge in [-0.2, -0.15) is 13.2 Å². The number of carbonyl (C=O) groups is 2. The van der Waals surface area contributed by atoms with Gasteiger partial charge in [-0.3, -0.25) is 14.4 Å². The fraction of sp³-hybridized carbons (Fsp3) is 0.333. The van der Waals surface area contributed by atoms with Crippen molar-refractivity contribution >= 4 is 29.0 Å². The molecule has 0 radical (unpaired) electrons. The monoisotopic (exact) mass is 638 g/mol. The SMILES string of the molecule is CNC(=O)C1=CC=CC(c2cnc(NC(=O)[C@H](C)NC)c(=O)n2Cc2cc(N3CCc4cc(F)ccc43)cc(C(F)(F)F)c2)C1C. The maximum Gasteiger partial charge on any atom is 0.416 e. The molecule has 1 aliphatic carbocycles. The number of halogens is 4. The molecule has 2 aliphatic rings. The first-order valence-electron chi connectivity index (χ1n) is 14.8. The third kappa shape index (κ3) is 6.45. The van der Waals surface area contributed by atoms with E-state index in [1.807, 2.05) is 6.92 Å². The second-order valence-corrected chi connectivity index (χ2v) is 11.4. The second-order valence-electron chi connectivity index (χ2n) is 11.4. The number of alkyl halides is 3. The number of anilines is 3. The Labute approximate surface area is 263 Å². The van der Waals surface area contributed by atoms with Crippen molar-refractivity contribution in [1.29, 1.82) is 0 Å². The van der Waals surface area contributed by atoms with Gasteiger partial charge in [-0.05, 0) is 73.8 Å². The van der Waals surface area contributed by atoms with E-state index in [1.54, 1.807) is 49.2 Å². The van der Waals surface area contributed by atoms with Crippen molar-refractivity contribution in [2.24, 2.45) is 5.92 Å². The van der Waals surface area contributed by atoms with Gasteiger partial charge in [0.05, 0.1) is 18.2 Å². The number of amides is 2. The van der Waals surface area contributed by atoms with E-state index in [0.29, 0.717) is 35.5 Å². The molecule has 1 aliphatic heterocycles. The average Bonchev–Trinajstić information content (AvgIpc) is 3.45. The largest absolute Gasteiger partial charge is 0.416 e. The van der Waals surface area contributed by atoms with Crippen molar-refractivity contribution in [3.8, 4) is 0 Å². The van der Waals surface area contributed by atoms with Crippen LogP contribution in [0.2, 0.25) is 0 Å². The number of nitrogens with one attached hydrogen (secondary N) is 3. The van der Waals surface area contributed by atoms with E-state index >= 15 is 0 Å². The molecule has 0 spiro atoms. The molecular weight excluding hydrogens is 604 g/mol. The van der Waals surface area contributed by atoms with Crippen molar-refractivity contribution in [2.45, 2.75) is 44.9 Å². The maximum absolute atomic E-state index is 14.2. The number of aromatic nitrogens is 2. The Balaban J connectivity index is 1.63. The Bertz CT molecular complexity index is 1800. The van der Waals surface area contributed by atoms with Crippen LogP contribution in [0.25, 0.3) is 0 Å². The number of hydrogen-bond acceptors (Lipinski definition) is 6. The van der Waals surface area contributed by atoms with Gasteiger partial charge in [0.25, 0.3) is 5.56 Å². The first-order valence-corrected chi connectivity index (χ1v) is 14.8. The van der Waals surface area contributed by atoms with Crippen molar-refractivity contribution in [3.05, 3.63) is 105 Å². The lowest BCUT2D eigenvalue weighted by Gasteiger charge is -2.28. The molecule has 0 saturated heterocycles. The van der Waals surface area contributed by atoms with E-state index in [4.69, 9.17) is 0 Å². The first kappa shape index (κ1) is 32.6. The summed E-state index contributed by atoms with van der Waals surface area (Å²) >= 11 is 0. The molecule has 1 aromatic heterocycles. The van der Waals surface area contributed by atoms with Crippen molar-refractivity contribution in [2.75, 3.05) is 30.9 Å². The topological polar surface area (TPSA) is 108 Å². The van der Waals surface area contributed by atoms with Crippen LogP contribution in [0.15, 0.2) is 71.2 Å². The highest BCUT2D eigenvalue weighted by Gasteiger charge is 2.34. The van der Waals surface area contributed by atoms with Crippen LogP contribution in [0.1, 0.15) is 42.1 Å². The van der Waals surface area contributed by atoms with E-state index in [2.05, 4.69) is 20.9 Å². The fourth-order valence-corrected chi connectivity index (χ4v) is 5.85. The zero-order chi connectivity index (χ0) is 33.3. The normalized spacial score (nSPS) is 18.2. The molecule has 2 aromatic carbocycles. The molecule has 242 valence electrons. The van der Waals surface area contributed by atoms with Crippen LogP contribution in [0, 0.1) is 11.7 Å². The minimum atomic E-state index is -4.70. The van der Waals surface area contributed by atoms with Crippen molar-refractivity contribution < 1.29 is 27.2 Å². The lowest BCUT2D eigenvalue weighted by Crippen LogP contribution is -2.39. The molecule has 9 nitrogen and oxygen atoms in total. The lowest BCUT2D eigenvalue weighted by atomic mass is 9.81. The molecular formula is C33H34F4N6O3. The third-order valence-electron chi connectivity index (χ3n) is 8.50. The summed E-state index contributed by atoms with van der Waals surface area (Å²) in [5, 5.41) is 7.89. The average molecular weight is 639 g/mol. The standard InChI is InChI=1S/C33H34F4N6O3/c1-18-25(6-5-7-26(18)31(45)39-4)28-16-40-29(41-30(44)19(2)38-3)32(46)43(28)17-20-12-22(33(35,36)37)15-24(13-20)42-11-10-21-14-23(34)8-9-27(21)42/h5-9,12-16,18-19,25,38H,10-11,17H2,1-4H3,(H,39,45)(H,40,41,44)/t18?,19-,25?/m0/s1. The Kier molecular flexibility index (Phi) is 9.15. The highest BCUT2D eigenvalue weighted by Crippen LogP contribution is 2.40. The molecule has 3 atom stereocenters. The Morgan fingerprint density at radius 2 is 1.89 bits per heavy atom. The Hall–Kier alpha value is -4.78. The van der Waals surface area contributed by atoms with Gasteiger partial charge in [0.2, 0.25) is 11.8 Å². The summed E-state index contributed by atoms with van der Waals surface area (Å²) in [6.45, 7) is 3.46. The number of fused-ring (bicyclic) bond motifs is 1. The quantitative estimate of drug-likeness (QED) is 0.310. The number of allylic oxidation sites excluding steroid dienone is 3.